The fourth-order valence-corrected chi connectivity index (χ4v) is 19.1. The van der Waals surface area contributed by atoms with Crippen LogP contribution in [0.4, 0.5) is 0 Å². The minimum Gasteiger partial charge on any atom is -0.490 e. The highest BCUT2D eigenvalue weighted by atomic mass is 16.5. The van der Waals surface area contributed by atoms with Crippen LogP contribution in [0.15, 0.2) is 315 Å². The van der Waals surface area contributed by atoms with Crippen LogP contribution in [0, 0.1) is 18.3 Å². The van der Waals surface area contributed by atoms with Crippen LogP contribution in [0.3, 0.4) is 0 Å². The third-order valence-corrected chi connectivity index (χ3v) is 26.0. The molecular formula is C118H118N8O8. The van der Waals surface area contributed by atoms with E-state index in [1.807, 2.05) is 133 Å². The first-order valence-corrected chi connectivity index (χ1v) is 48.0. The molecule has 4 aromatic heterocycles. The molecule has 12 aromatic carbocycles. The topological polar surface area (TPSA) is 200 Å². The van der Waals surface area contributed by atoms with Gasteiger partial charge in [-0.3, -0.25) is 0 Å². The number of aromatic amines is 1. The molecule has 5 saturated carbocycles. The Balaban J connectivity index is 0.000000120. The first-order valence-electron chi connectivity index (χ1n) is 48.0. The third kappa shape index (κ3) is 21.2. The number of ether oxygens (including phenoxy) is 4. The Morgan fingerprint density at radius 2 is 0.597 bits per heavy atom. The van der Waals surface area contributed by atoms with E-state index < -0.39 is 0 Å². The molecule has 678 valence electrons. The second-order valence-corrected chi connectivity index (χ2v) is 36.1. The number of rotatable bonds is 28. The summed E-state index contributed by atoms with van der Waals surface area (Å²) >= 11 is 0. The highest BCUT2D eigenvalue weighted by Gasteiger charge is 2.34. The number of hydrogen-bond acceptors (Lipinski definition) is 12. The normalized spacial score (nSPS) is 14.5. The molecule has 0 unspecified atom stereocenters. The van der Waals surface area contributed by atoms with E-state index in [0.717, 1.165) is 240 Å². The van der Waals surface area contributed by atoms with Crippen molar-refractivity contribution < 1.29 is 39.4 Å². The van der Waals surface area contributed by atoms with Crippen molar-refractivity contribution in [3.8, 4) is 171 Å². The van der Waals surface area contributed by atoms with Crippen LogP contribution in [-0.2, 0) is 39.5 Å². The standard InChI is InChI=1S/C31H34N2O2.C30H30N2O2.C30H28N2O2.C27H26N2O2/c1-22(2)20-33-30(24-13-7-4-8-14-24)29(23-11-5-3-6-12-23)32-31(33)25-17-18-26(21-34)28(19-25)35-27-15-9-10-16-27;33-20-24-16-15-23(19-27(24)34-26-13-7-8-14-26)30-31-28(21-9-3-1-4-10-21)29(32(30)25-17-18-25)22-11-5-2-6-12-22;1-2-19-32-29(23-13-7-4-8-14-23)28(22-11-5-3-6-12-22)31-30(32)24-17-18-25(21-33)27(20-24)34-26-15-9-10-16-26;30-18-22-16-15-21(17-24(22)31-23-13-7-8-14-23)27-28-25(19-9-3-1-4-10-19)26(29-27)20-11-5-2-6-12-20/h3-8,11-14,17-19,22,27,34H,9-10,15-16,20-21H2,1-2H3;1-6,9-12,15-16,19,25-26,33H,7-8,13-14,17-18,20H2;1,3-8,11-14,17-18,20,26,33H,9-10,15-16,19,21H2;1-6,9-12,15-17,23,30H,7-8,13-14,18H2,(H,28,29). The zero-order valence-corrected chi connectivity index (χ0v) is 76.6. The maximum Gasteiger partial charge on any atom is 0.142 e. The molecule has 0 bridgehead atoms. The van der Waals surface area contributed by atoms with Crippen LogP contribution < -0.4 is 18.9 Å². The molecule has 4 heterocycles. The molecule has 5 fully saturated rings. The van der Waals surface area contributed by atoms with E-state index in [9.17, 15) is 20.4 Å². The van der Waals surface area contributed by atoms with Crippen LogP contribution in [0.25, 0.3) is 136 Å². The largest absolute Gasteiger partial charge is 0.490 e. The maximum atomic E-state index is 9.97. The summed E-state index contributed by atoms with van der Waals surface area (Å²) < 4.78 is 32.3. The lowest BCUT2D eigenvalue weighted by Crippen LogP contribution is -2.12. The number of aliphatic hydroxyl groups is 4. The summed E-state index contributed by atoms with van der Waals surface area (Å²) in [5.74, 6) is 9.79. The van der Waals surface area contributed by atoms with E-state index >= 15 is 0 Å². The van der Waals surface area contributed by atoms with Crippen molar-refractivity contribution in [3.05, 3.63) is 338 Å². The number of imidazole rings is 4. The molecule has 0 radical (unpaired) electrons. The van der Waals surface area contributed by atoms with E-state index in [1.165, 1.54) is 62.6 Å². The van der Waals surface area contributed by atoms with Crippen molar-refractivity contribution in [3.63, 3.8) is 0 Å². The quantitative estimate of drug-likeness (QED) is 0.0291. The summed E-state index contributed by atoms with van der Waals surface area (Å²) in [5.41, 5.74) is 24.1. The number of terminal acetylenes is 1. The maximum absolute atomic E-state index is 9.97. The zero-order chi connectivity index (χ0) is 91.5. The lowest BCUT2D eigenvalue weighted by Gasteiger charge is -2.18. The summed E-state index contributed by atoms with van der Waals surface area (Å²) in [5, 5.41) is 39.6. The monoisotopic (exact) mass is 1770 g/mol. The molecule has 5 aliphatic rings. The average molecular weight is 1780 g/mol. The van der Waals surface area contributed by atoms with Crippen LogP contribution in [-0.4, -0.2) is 83.5 Å². The van der Waals surface area contributed by atoms with E-state index in [1.54, 1.807) is 0 Å². The van der Waals surface area contributed by atoms with Gasteiger partial charge in [0.25, 0.3) is 0 Å². The Morgan fingerprint density at radius 1 is 0.313 bits per heavy atom. The van der Waals surface area contributed by atoms with Crippen molar-refractivity contribution in [1.82, 2.24) is 38.6 Å². The molecule has 5 N–H and O–H groups in total. The number of benzene rings is 12. The van der Waals surface area contributed by atoms with Gasteiger partial charge in [-0.15, -0.1) is 6.42 Å². The van der Waals surface area contributed by atoms with Gasteiger partial charge in [0.1, 0.15) is 46.3 Å². The SMILES string of the molecule is C#CCn1c(-c2ccc(CO)c(OC3CCCC3)c2)nc(-c2ccccc2)c1-c1ccccc1.CC(C)Cn1c(-c2ccc(CO)c(OC3CCCC3)c2)nc(-c2ccccc2)c1-c1ccccc1.OCc1ccc(-c2nc(-c3ccccc3)c(-c3ccccc3)[nH]2)cc1OC1CCCC1.OCc1ccc(-c2nc(-c3ccccc3)c(-c3ccccc3)n2C2CC2)cc1OC1CCCC1. The van der Waals surface area contributed by atoms with E-state index in [2.05, 4.69) is 220 Å². The van der Waals surface area contributed by atoms with Crippen LogP contribution in [0.5, 0.6) is 23.0 Å². The van der Waals surface area contributed by atoms with Gasteiger partial charge in [-0.05, 0) is 146 Å². The third-order valence-electron chi connectivity index (χ3n) is 26.0. The van der Waals surface area contributed by atoms with Gasteiger partial charge in [0.05, 0.1) is 103 Å². The minimum atomic E-state index is -0.0638. The van der Waals surface area contributed by atoms with Gasteiger partial charge in [-0.1, -0.05) is 311 Å². The van der Waals surface area contributed by atoms with Gasteiger partial charge in [-0.25, -0.2) is 19.9 Å². The van der Waals surface area contributed by atoms with Gasteiger partial charge in [0.15, 0.2) is 0 Å². The molecule has 16 nitrogen and oxygen atoms in total. The highest BCUT2D eigenvalue weighted by molar-refractivity contribution is 5.87. The average Bonchev–Trinajstić information content (AvgIpc) is 1.58. The molecule has 0 amide bonds. The molecule has 0 saturated heterocycles. The van der Waals surface area contributed by atoms with Crippen LogP contribution >= 0.6 is 0 Å². The predicted molar refractivity (Wildman–Crippen MR) is 538 cm³/mol. The number of hydrogen-bond donors (Lipinski definition) is 5. The molecule has 21 rings (SSSR count). The van der Waals surface area contributed by atoms with Crippen molar-refractivity contribution in [2.45, 2.75) is 199 Å². The highest BCUT2D eigenvalue weighted by Crippen LogP contribution is 2.49. The van der Waals surface area contributed by atoms with Crippen molar-refractivity contribution in [2.24, 2.45) is 5.92 Å². The Bertz CT molecular complexity index is 6510. The van der Waals surface area contributed by atoms with Crippen LogP contribution in [0.2, 0.25) is 0 Å². The summed E-state index contributed by atoms with van der Waals surface area (Å²) in [6.07, 6.45) is 27.3. The number of H-pyrrole nitrogens is 1. The molecular weight excluding hydrogens is 1660 g/mol. The van der Waals surface area contributed by atoms with Gasteiger partial charge in [0.2, 0.25) is 0 Å². The van der Waals surface area contributed by atoms with Crippen LogP contribution in [0.1, 0.15) is 158 Å². The van der Waals surface area contributed by atoms with Crippen molar-refractivity contribution in [2.75, 3.05) is 0 Å². The Labute approximate surface area is 787 Å². The number of aliphatic hydroxyl groups excluding tert-OH is 4. The summed E-state index contributed by atoms with van der Waals surface area (Å²) in [7, 11) is 0. The van der Waals surface area contributed by atoms with Gasteiger partial charge < -0.3 is 58.1 Å². The van der Waals surface area contributed by atoms with Gasteiger partial charge >= 0.3 is 0 Å². The molecule has 134 heavy (non-hydrogen) atoms. The molecule has 0 atom stereocenters. The minimum absolute atomic E-state index is 0.0239. The van der Waals surface area contributed by atoms with Gasteiger partial charge in [-0.2, -0.15) is 0 Å². The fraction of sp³-hybridized carbons (Fsp3) is 0.271. The first-order chi connectivity index (χ1) is 66.0. The number of nitrogens with one attached hydrogen (secondary N) is 1. The molecule has 5 aliphatic carbocycles. The second kappa shape index (κ2) is 43.6. The van der Waals surface area contributed by atoms with Crippen molar-refractivity contribution >= 4 is 0 Å². The lowest BCUT2D eigenvalue weighted by molar-refractivity contribution is 0.199. The number of aromatic nitrogens is 8. The summed E-state index contributed by atoms with van der Waals surface area (Å²) in [4.78, 5) is 24.2. The Kier molecular flexibility index (Phi) is 29.5. The fourth-order valence-electron chi connectivity index (χ4n) is 19.1. The van der Waals surface area contributed by atoms with E-state index in [0.29, 0.717) is 18.5 Å². The van der Waals surface area contributed by atoms with E-state index in [-0.39, 0.29) is 50.8 Å². The first kappa shape index (κ1) is 90.6. The van der Waals surface area contributed by atoms with E-state index in [4.69, 9.17) is 45.3 Å². The smallest absolute Gasteiger partial charge is 0.142 e. The Morgan fingerprint density at radius 3 is 0.933 bits per heavy atom. The summed E-state index contributed by atoms with van der Waals surface area (Å²) in [6, 6.07) is 108. The Hall–Kier alpha value is -13.9. The second-order valence-electron chi connectivity index (χ2n) is 36.1. The zero-order valence-electron chi connectivity index (χ0n) is 76.6. The molecule has 0 spiro atoms. The van der Waals surface area contributed by atoms with Gasteiger partial charge in [0, 0.05) is 102 Å². The number of nitrogens with zero attached hydrogens (tertiary/aromatic N) is 7. The predicted octanol–water partition coefficient (Wildman–Crippen LogP) is 26.9. The molecule has 0 aliphatic heterocycles. The molecule has 16 heteroatoms. The van der Waals surface area contributed by atoms with Crippen molar-refractivity contribution in [1.29, 1.82) is 0 Å². The summed E-state index contributed by atoms with van der Waals surface area (Å²) in [6.45, 7) is 5.56. The lowest BCUT2D eigenvalue weighted by atomic mass is 10.0. The molecule has 16 aromatic rings.